The van der Waals surface area contributed by atoms with Crippen LogP contribution in [0.15, 0.2) is 42.5 Å². The fourth-order valence-corrected chi connectivity index (χ4v) is 3.48. The van der Waals surface area contributed by atoms with Gasteiger partial charge in [0.2, 0.25) is 5.78 Å². The molecule has 28 heavy (non-hydrogen) atoms. The maximum Gasteiger partial charge on any atom is 0.279 e. The molecule has 1 amide bonds. The Bertz CT molecular complexity index is 1030. The van der Waals surface area contributed by atoms with E-state index in [0.717, 1.165) is 21.5 Å². The fraction of sp³-hybridized carbons (Fsp3) is 0.238. The molecule has 0 radical (unpaired) electrons. The second-order valence-corrected chi connectivity index (χ2v) is 7.23. The first kappa shape index (κ1) is 19.9. The van der Waals surface area contributed by atoms with E-state index in [2.05, 4.69) is 10.3 Å². The van der Waals surface area contributed by atoms with Crippen molar-refractivity contribution in [1.29, 1.82) is 0 Å². The van der Waals surface area contributed by atoms with Crippen LogP contribution in [0.3, 0.4) is 0 Å². The summed E-state index contributed by atoms with van der Waals surface area (Å²) >= 11 is 5.99. The second kappa shape index (κ2) is 8.46. The molecular formula is C21H23ClN3O3+. The Labute approximate surface area is 168 Å². The number of anilines is 1. The molecule has 146 valence electrons. The molecule has 1 unspecified atom stereocenters. The predicted octanol–water partition coefficient (Wildman–Crippen LogP) is 2.47. The number of H-pyrrole nitrogens is 1. The van der Waals surface area contributed by atoms with Crippen molar-refractivity contribution in [2.75, 3.05) is 32.6 Å². The Hall–Kier alpha value is -2.83. The zero-order valence-electron chi connectivity index (χ0n) is 16.1. The minimum Gasteiger partial charge on any atom is -0.495 e. The Kier molecular flexibility index (Phi) is 6.02. The molecule has 0 aliphatic carbocycles. The lowest BCUT2D eigenvalue weighted by Gasteiger charge is -2.14. The highest BCUT2D eigenvalue weighted by Gasteiger charge is 2.21. The number of aromatic amines is 1. The van der Waals surface area contributed by atoms with Gasteiger partial charge in [-0.3, -0.25) is 9.59 Å². The largest absolute Gasteiger partial charge is 0.495 e. The van der Waals surface area contributed by atoms with Gasteiger partial charge in [-0.05, 0) is 31.2 Å². The summed E-state index contributed by atoms with van der Waals surface area (Å²) in [6, 6.07) is 12.7. The molecule has 0 bridgehead atoms. The maximum atomic E-state index is 12.8. The van der Waals surface area contributed by atoms with Gasteiger partial charge >= 0.3 is 0 Å². The number of ketones is 1. The van der Waals surface area contributed by atoms with Gasteiger partial charge in [0.25, 0.3) is 5.91 Å². The van der Waals surface area contributed by atoms with Gasteiger partial charge in [-0.25, -0.2) is 0 Å². The van der Waals surface area contributed by atoms with Crippen LogP contribution in [-0.2, 0) is 4.79 Å². The van der Waals surface area contributed by atoms with Crippen LogP contribution in [0.1, 0.15) is 16.1 Å². The number of para-hydroxylation sites is 1. The topological polar surface area (TPSA) is 75.6 Å². The molecule has 2 aromatic carbocycles. The van der Waals surface area contributed by atoms with Crippen molar-refractivity contribution in [3.63, 3.8) is 0 Å². The number of hydrogen-bond acceptors (Lipinski definition) is 3. The van der Waals surface area contributed by atoms with Gasteiger partial charge in [0.05, 0.1) is 25.4 Å². The van der Waals surface area contributed by atoms with E-state index in [4.69, 9.17) is 16.3 Å². The number of methoxy groups -OCH3 is 1. The number of ether oxygens (including phenoxy) is 1. The number of aromatic nitrogens is 1. The molecule has 0 aliphatic rings. The van der Waals surface area contributed by atoms with Crippen LogP contribution < -0.4 is 15.0 Å². The minimum atomic E-state index is -0.221. The monoisotopic (exact) mass is 400 g/mol. The van der Waals surface area contributed by atoms with Crippen LogP contribution in [-0.4, -0.2) is 43.9 Å². The van der Waals surface area contributed by atoms with Gasteiger partial charge in [-0.15, -0.1) is 0 Å². The van der Waals surface area contributed by atoms with E-state index in [0.29, 0.717) is 22.0 Å². The highest BCUT2D eigenvalue weighted by molar-refractivity contribution is 6.31. The van der Waals surface area contributed by atoms with Crippen LogP contribution in [0.4, 0.5) is 5.69 Å². The van der Waals surface area contributed by atoms with E-state index in [-0.39, 0.29) is 24.8 Å². The van der Waals surface area contributed by atoms with Gasteiger partial charge in [-0.1, -0.05) is 29.8 Å². The lowest BCUT2D eigenvalue weighted by Crippen LogP contribution is -3.11. The molecule has 3 rings (SSSR count). The Balaban J connectivity index is 1.66. The van der Waals surface area contributed by atoms with Crippen molar-refractivity contribution < 1.29 is 19.2 Å². The van der Waals surface area contributed by atoms with Gasteiger partial charge in [-0.2, -0.15) is 0 Å². The number of halogens is 1. The van der Waals surface area contributed by atoms with Crippen molar-refractivity contribution in [1.82, 2.24) is 4.98 Å². The van der Waals surface area contributed by atoms with Crippen LogP contribution in [0.5, 0.6) is 5.75 Å². The Morgan fingerprint density at radius 3 is 2.68 bits per heavy atom. The summed E-state index contributed by atoms with van der Waals surface area (Å²) < 4.78 is 5.24. The maximum absolute atomic E-state index is 12.8. The summed E-state index contributed by atoms with van der Waals surface area (Å²) in [4.78, 5) is 29.2. The predicted molar refractivity (Wildman–Crippen MR) is 111 cm³/mol. The molecule has 3 N–H and O–H groups in total. The molecule has 0 saturated carbocycles. The van der Waals surface area contributed by atoms with E-state index in [9.17, 15) is 9.59 Å². The number of fused-ring (bicyclic) bond motifs is 1. The van der Waals surface area contributed by atoms with Crippen LogP contribution in [0.2, 0.25) is 5.02 Å². The van der Waals surface area contributed by atoms with Crippen molar-refractivity contribution in [3.8, 4) is 5.75 Å². The number of Topliss-reactive ketones (excluding diaryl/α,β-unsaturated/α-hetero) is 1. The smallest absolute Gasteiger partial charge is 0.279 e. The third kappa shape index (κ3) is 4.35. The number of carbonyl (C=O) groups excluding carboxylic acids is 2. The quantitative estimate of drug-likeness (QED) is 0.533. The first-order valence-corrected chi connectivity index (χ1v) is 9.32. The van der Waals surface area contributed by atoms with E-state index >= 15 is 0 Å². The Morgan fingerprint density at radius 1 is 1.18 bits per heavy atom. The number of aryl methyl sites for hydroxylation is 1. The average molecular weight is 401 g/mol. The average Bonchev–Trinajstić information content (AvgIpc) is 2.97. The highest BCUT2D eigenvalue weighted by atomic mass is 35.5. The third-order valence-corrected chi connectivity index (χ3v) is 4.77. The van der Waals surface area contributed by atoms with E-state index in [1.54, 1.807) is 18.2 Å². The number of amides is 1. The van der Waals surface area contributed by atoms with Crippen LogP contribution in [0.25, 0.3) is 10.9 Å². The summed E-state index contributed by atoms with van der Waals surface area (Å²) in [7, 11) is 3.34. The highest BCUT2D eigenvalue weighted by Crippen LogP contribution is 2.27. The lowest BCUT2D eigenvalue weighted by atomic mass is 10.1. The molecule has 3 aromatic rings. The molecular weight excluding hydrogens is 378 g/mol. The Morgan fingerprint density at radius 2 is 1.93 bits per heavy atom. The summed E-state index contributed by atoms with van der Waals surface area (Å²) in [6.45, 7) is 2.24. The van der Waals surface area contributed by atoms with Gasteiger partial charge in [0.1, 0.15) is 12.3 Å². The summed E-state index contributed by atoms with van der Waals surface area (Å²) in [5.74, 6) is 0.308. The zero-order chi connectivity index (χ0) is 20.3. The standard InChI is InChI=1S/C21H22ClN3O3/c1-13-21(15-6-4-5-7-16(15)23-13)18(26)11-25(2)12-20(27)24-17-10-14(22)8-9-19(17)28-3/h4-10,23H,11-12H2,1-3H3,(H,24,27)/p+1. The van der Waals surface area contributed by atoms with E-state index in [1.165, 1.54) is 7.11 Å². The molecule has 0 spiro atoms. The lowest BCUT2D eigenvalue weighted by molar-refractivity contribution is -0.861. The van der Waals surface area contributed by atoms with Crippen molar-refractivity contribution in [2.24, 2.45) is 0 Å². The number of nitrogens with one attached hydrogen (secondary N) is 3. The fourth-order valence-electron chi connectivity index (χ4n) is 3.31. The molecule has 1 atom stereocenters. The van der Waals surface area contributed by atoms with Crippen molar-refractivity contribution in [2.45, 2.75) is 6.92 Å². The zero-order valence-corrected chi connectivity index (χ0v) is 16.8. The molecule has 0 aliphatic heterocycles. The molecule has 6 nitrogen and oxygen atoms in total. The number of likely N-dealkylation sites (N-methyl/N-ethyl adjacent to an activating group) is 1. The molecule has 0 fully saturated rings. The van der Waals surface area contributed by atoms with Crippen molar-refractivity contribution >= 4 is 39.9 Å². The first-order valence-electron chi connectivity index (χ1n) is 8.94. The van der Waals surface area contributed by atoms with E-state index in [1.807, 2.05) is 38.2 Å². The van der Waals surface area contributed by atoms with Crippen molar-refractivity contribution in [3.05, 3.63) is 58.7 Å². The molecule has 1 heterocycles. The molecule has 7 heteroatoms. The van der Waals surface area contributed by atoms with Crippen LogP contribution in [0, 0.1) is 6.92 Å². The molecule has 1 aromatic heterocycles. The summed E-state index contributed by atoms with van der Waals surface area (Å²) in [5.41, 5.74) is 2.97. The van der Waals surface area contributed by atoms with Crippen LogP contribution >= 0.6 is 11.6 Å². The number of benzene rings is 2. The normalized spacial score (nSPS) is 12.0. The second-order valence-electron chi connectivity index (χ2n) is 6.80. The number of quaternary nitrogens is 1. The number of hydrogen-bond donors (Lipinski definition) is 3. The minimum absolute atomic E-state index is 0.000543. The number of carbonyl (C=O) groups is 2. The summed E-state index contributed by atoms with van der Waals surface area (Å²) in [6.07, 6.45) is 0. The van der Waals surface area contributed by atoms with E-state index < -0.39 is 0 Å². The van der Waals surface area contributed by atoms with Gasteiger partial charge < -0.3 is 19.9 Å². The van der Waals surface area contributed by atoms with Gasteiger partial charge in [0, 0.05) is 21.6 Å². The first-order chi connectivity index (χ1) is 13.4. The van der Waals surface area contributed by atoms with Gasteiger partial charge in [0.15, 0.2) is 6.54 Å². The summed E-state index contributed by atoms with van der Waals surface area (Å²) in [5, 5.41) is 4.21. The SMILES string of the molecule is COc1ccc(Cl)cc1NC(=O)C[NH+](C)CC(=O)c1c(C)[nH]c2ccccc12. The third-order valence-electron chi connectivity index (χ3n) is 4.53. The molecule has 0 saturated heterocycles. The number of rotatable bonds is 7.